The van der Waals surface area contributed by atoms with Gasteiger partial charge in [-0.15, -0.1) is 0 Å². The molecule has 2 atom stereocenters. The van der Waals surface area contributed by atoms with Crippen LogP contribution in [0.5, 0.6) is 0 Å². The highest BCUT2D eigenvalue weighted by atomic mass is 79.9. The number of aliphatic hydroxyl groups is 2. The SMILES string of the molecule is Cc1cccc2[nH]cc(C(O)C(O)CBr)c12. The summed E-state index contributed by atoms with van der Waals surface area (Å²) in [5.41, 5.74) is 2.82. The van der Waals surface area contributed by atoms with Gasteiger partial charge < -0.3 is 15.2 Å². The van der Waals surface area contributed by atoms with Crippen molar-refractivity contribution < 1.29 is 10.2 Å². The average Bonchev–Trinajstić information content (AvgIpc) is 2.72. The number of halogens is 1. The number of fused-ring (bicyclic) bond motifs is 1. The van der Waals surface area contributed by atoms with E-state index in [0.29, 0.717) is 5.33 Å². The molecular weight excluding hydrogens is 270 g/mol. The van der Waals surface area contributed by atoms with Crippen LogP contribution in [0.1, 0.15) is 17.2 Å². The fourth-order valence-corrected chi connectivity index (χ4v) is 2.28. The van der Waals surface area contributed by atoms with E-state index in [1.807, 2.05) is 25.1 Å². The topological polar surface area (TPSA) is 56.2 Å². The molecule has 0 radical (unpaired) electrons. The van der Waals surface area contributed by atoms with Gasteiger partial charge in [-0.1, -0.05) is 28.1 Å². The normalized spacial score (nSPS) is 15.2. The maximum Gasteiger partial charge on any atom is 0.108 e. The second-order valence-corrected chi connectivity index (χ2v) is 4.56. The summed E-state index contributed by atoms with van der Waals surface area (Å²) in [6, 6.07) is 5.91. The largest absolute Gasteiger partial charge is 0.389 e. The van der Waals surface area contributed by atoms with Crippen LogP contribution in [0.15, 0.2) is 24.4 Å². The number of hydrogen-bond acceptors (Lipinski definition) is 2. The van der Waals surface area contributed by atoms with Crippen molar-refractivity contribution in [3.8, 4) is 0 Å². The van der Waals surface area contributed by atoms with Crippen molar-refractivity contribution in [2.24, 2.45) is 0 Å². The Bertz CT molecular complexity index is 495. The van der Waals surface area contributed by atoms with Gasteiger partial charge in [-0.2, -0.15) is 0 Å². The van der Waals surface area contributed by atoms with Crippen molar-refractivity contribution in [3.05, 3.63) is 35.5 Å². The van der Waals surface area contributed by atoms with E-state index in [9.17, 15) is 10.2 Å². The minimum Gasteiger partial charge on any atom is -0.389 e. The number of H-pyrrole nitrogens is 1. The van der Waals surface area contributed by atoms with Crippen molar-refractivity contribution in [1.82, 2.24) is 4.98 Å². The fourth-order valence-electron chi connectivity index (χ4n) is 1.92. The molecule has 3 N–H and O–H groups in total. The first-order chi connectivity index (χ1) is 7.65. The Labute approximate surface area is 102 Å². The molecule has 1 heterocycles. The van der Waals surface area contributed by atoms with Crippen LogP contribution < -0.4 is 0 Å². The molecule has 0 aliphatic rings. The van der Waals surface area contributed by atoms with Gasteiger partial charge in [-0.25, -0.2) is 0 Å². The Morgan fingerprint density at radius 3 is 2.81 bits per heavy atom. The third kappa shape index (κ3) is 1.88. The first kappa shape index (κ1) is 11.6. The van der Waals surface area contributed by atoms with Gasteiger partial charge in [0.05, 0.1) is 6.10 Å². The molecule has 2 unspecified atom stereocenters. The van der Waals surface area contributed by atoms with Crippen LogP contribution in [-0.2, 0) is 0 Å². The van der Waals surface area contributed by atoms with Crippen LogP contribution in [0.4, 0.5) is 0 Å². The van der Waals surface area contributed by atoms with Crippen molar-refractivity contribution in [2.75, 3.05) is 5.33 Å². The molecule has 3 nitrogen and oxygen atoms in total. The number of hydrogen-bond donors (Lipinski definition) is 3. The van der Waals surface area contributed by atoms with Gasteiger partial charge in [-0.05, 0) is 18.6 Å². The van der Waals surface area contributed by atoms with Crippen molar-refractivity contribution in [3.63, 3.8) is 0 Å². The minimum absolute atomic E-state index is 0.354. The van der Waals surface area contributed by atoms with Crippen LogP contribution in [0.3, 0.4) is 0 Å². The lowest BCUT2D eigenvalue weighted by atomic mass is 10.0. The quantitative estimate of drug-likeness (QED) is 0.757. The Balaban J connectivity index is 2.53. The fraction of sp³-hybridized carbons (Fsp3) is 0.333. The first-order valence-corrected chi connectivity index (χ1v) is 6.26. The summed E-state index contributed by atoms with van der Waals surface area (Å²) < 4.78 is 0. The zero-order valence-corrected chi connectivity index (χ0v) is 10.5. The molecule has 1 aromatic carbocycles. The Morgan fingerprint density at radius 1 is 1.38 bits per heavy atom. The predicted octanol–water partition coefficient (Wildman–Crippen LogP) is 2.27. The first-order valence-electron chi connectivity index (χ1n) is 5.14. The highest BCUT2D eigenvalue weighted by molar-refractivity contribution is 9.09. The molecular formula is C12H14BrNO2. The lowest BCUT2D eigenvalue weighted by molar-refractivity contribution is 0.0352. The second-order valence-electron chi connectivity index (χ2n) is 3.91. The summed E-state index contributed by atoms with van der Waals surface area (Å²) in [6.45, 7) is 1.99. The van der Waals surface area contributed by atoms with E-state index in [4.69, 9.17) is 0 Å². The van der Waals surface area contributed by atoms with Crippen LogP contribution in [0, 0.1) is 6.92 Å². The summed E-state index contributed by atoms with van der Waals surface area (Å²) in [5.74, 6) is 0. The molecule has 0 amide bonds. The highest BCUT2D eigenvalue weighted by Gasteiger charge is 2.21. The van der Waals surface area contributed by atoms with Crippen molar-refractivity contribution in [2.45, 2.75) is 19.1 Å². The van der Waals surface area contributed by atoms with Gasteiger partial charge in [0, 0.05) is 28.0 Å². The minimum atomic E-state index is -0.866. The van der Waals surface area contributed by atoms with Gasteiger partial charge in [-0.3, -0.25) is 0 Å². The number of aliphatic hydroxyl groups excluding tert-OH is 2. The van der Waals surface area contributed by atoms with E-state index in [0.717, 1.165) is 22.0 Å². The van der Waals surface area contributed by atoms with E-state index < -0.39 is 12.2 Å². The smallest absolute Gasteiger partial charge is 0.108 e. The maximum absolute atomic E-state index is 10.0. The van der Waals surface area contributed by atoms with E-state index in [1.165, 1.54) is 0 Å². The van der Waals surface area contributed by atoms with E-state index in [2.05, 4.69) is 20.9 Å². The van der Waals surface area contributed by atoms with E-state index >= 15 is 0 Å². The molecule has 4 heteroatoms. The van der Waals surface area contributed by atoms with Crippen molar-refractivity contribution >= 4 is 26.8 Å². The van der Waals surface area contributed by atoms with Crippen LogP contribution in [0.2, 0.25) is 0 Å². The van der Waals surface area contributed by atoms with Gasteiger partial charge in [0.1, 0.15) is 6.10 Å². The van der Waals surface area contributed by atoms with Crippen molar-refractivity contribution in [1.29, 1.82) is 0 Å². The number of nitrogens with one attached hydrogen (secondary N) is 1. The molecule has 1 aromatic heterocycles. The van der Waals surface area contributed by atoms with Gasteiger partial charge in [0.15, 0.2) is 0 Å². The Kier molecular flexibility index (Phi) is 3.33. The molecule has 2 rings (SSSR count). The monoisotopic (exact) mass is 283 g/mol. The predicted molar refractivity (Wildman–Crippen MR) is 67.8 cm³/mol. The molecule has 0 saturated heterocycles. The maximum atomic E-state index is 10.0. The zero-order chi connectivity index (χ0) is 11.7. The summed E-state index contributed by atoms with van der Waals surface area (Å²) in [4.78, 5) is 3.10. The third-order valence-electron chi connectivity index (χ3n) is 2.79. The van der Waals surface area contributed by atoms with Gasteiger partial charge in [0.2, 0.25) is 0 Å². The number of alkyl halides is 1. The number of rotatable bonds is 3. The number of aromatic nitrogens is 1. The molecule has 0 aliphatic heterocycles. The van der Waals surface area contributed by atoms with E-state index in [1.54, 1.807) is 6.20 Å². The molecule has 16 heavy (non-hydrogen) atoms. The summed E-state index contributed by atoms with van der Waals surface area (Å²) >= 11 is 3.16. The Morgan fingerprint density at radius 2 is 2.12 bits per heavy atom. The van der Waals surface area contributed by atoms with E-state index in [-0.39, 0.29) is 0 Å². The number of aromatic amines is 1. The highest BCUT2D eigenvalue weighted by Crippen LogP contribution is 2.29. The average molecular weight is 284 g/mol. The lowest BCUT2D eigenvalue weighted by Gasteiger charge is -2.15. The lowest BCUT2D eigenvalue weighted by Crippen LogP contribution is -2.19. The molecule has 2 aromatic rings. The summed E-state index contributed by atoms with van der Waals surface area (Å²) in [5, 5.41) is 21.0. The number of aryl methyl sites for hydroxylation is 1. The van der Waals surface area contributed by atoms with Crippen LogP contribution in [-0.4, -0.2) is 26.6 Å². The molecule has 0 fully saturated rings. The molecule has 0 spiro atoms. The van der Waals surface area contributed by atoms with Crippen LogP contribution in [0.25, 0.3) is 10.9 Å². The molecule has 0 saturated carbocycles. The molecule has 0 bridgehead atoms. The zero-order valence-electron chi connectivity index (χ0n) is 8.94. The Hall–Kier alpha value is -0.840. The van der Waals surface area contributed by atoms with Gasteiger partial charge in [0.25, 0.3) is 0 Å². The summed E-state index contributed by atoms with van der Waals surface area (Å²) in [6.07, 6.45) is 0.0987. The second kappa shape index (κ2) is 4.57. The van der Waals surface area contributed by atoms with Crippen LogP contribution >= 0.6 is 15.9 Å². The summed E-state index contributed by atoms with van der Waals surface area (Å²) in [7, 11) is 0. The molecule has 86 valence electrons. The standard InChI is InChI=1S/C12H14BrNO2/c1-7-3-2-4-9-11(7)8(6-14-9)12(16)10(15)5-13/h2-4,6,10,12,14-16H,5H2,1H3. The van der Waals surface area contributed by atoms with Gasteiger partial charge >= 0.3 is 0 Å². The number of benzene rings is 1. The third-order valence-corrected chi connectivity index (χ3v) is 3.45. The molecule has 0 aliphatic carbocycles.